The van der Waals surface area contributed by atoms with Crippen molar-refractivity contribution in [2.45, 2.75) is 5.92 Å². The lowest BCUT2D eigenvalue weighted by Gasteiger charge is -2.19. The Morgan fingerprint density at radius 3 is 1.80 bits per heavy atom. The van der Waals surface area contributed by atoms with E-state index >= 15 is 0 Å². The van der Waals surface area contributed by atoms with E-state index in [1.165, 1.54) is 11.1 Å². The van der Waals surface area contributed by atoms with Crippen LogP contribution in [0.4, 0.5) is 0 Å². The number of benzene rings is 2. The zero-order valence-corrected chi connectivity index (χ0v) is 12.8. The third kappa shape index (κ3) is 4.58. The first-order chi connectivity index (χ1) is 9.31. The molecule has 2 nitrogen and oxygen atoms in total. The molecule has 0 aliphatic rings. The average molecular weight is 307 g/mol. The van der Waals surface area contributed by atoms with Crippen LogP contribution in [0.2, 0.25) is 0 Å². The highest BCUT2D eigenvalue weighted by Gasteiger charge is 2.13. The summed E-state index contributed by atoms with van der Waals surface area (Å²) in [7, 11) is 0. The van der Waals surface area contributed by atoms with Crippen molar-refractivity contribution in [1.82, 2.24) is 5.32 Å². The summed E-state index contributed by atoms with van der Waals surface area (Å²) in [6.07, 6.45) is 0. The van der Waals surface area contributed by atoms with Gasteiger partial charge in [-0.05, 0) is 11.1 Å². The van der Waals surface area contributed by atoms with Crippen molar-refractivity contribution in [3.05, 3.63) is 71.8 Å². The van der Waals surface area contributed by atoms with Crippen molar-refractivity contribution in [1.29, 1.82) is 5.41 Å². The zero-order chi connectivity index (χ0) is 13.5. The van der Waals surface area contributed by atoms with Gasteiger partial charge in [0.05, 0.1) is 0 Å². The summed E-state index contributed by atoms with van der Waals surface area (Å²) in [5, 5.41) is 10.8. The maximum atomic E-state index is 7.67. The first-order valence-corrected chi connectivity index (χ1v) is 6.96. The van der Waals surface area contributed by atoms with E-state index in [0.717, 1.165) is 0 Å². The van der Waals surface area contributed by atoms with Gasteiger partial charge in [-0.3, -0.25) is 5.41 Å². The Hall–Kier alpha value is -1.45. The molecule has 0 bridgehead atoms. The van der Waals surface area contributed by atoms with E-state index < -0.39 is 0 Å². The van der Waals surface area contributed by atoms with Crippen LogP contribution >= 0.6 is 25.0 Å². The second kappa shape index (κ2) is 8.67. The summed E-state index contributed by atoms with van der Waals surface area (Å²) in [4.78, 5) is 0. The lowest BCUT2D eigenvalue weighted by Crippen LogP contribution is -2.29. The van der Waals surface area contributed by atoms with Gasteiger partial charge in [0.2, 0.25) is 0 Å². The molecule has 0 fully saturated rings. The summed E-state index contributed by atoms with van der Waals surface area (Å²) in [6, 6.07) is 20.8. The molecule has 0 aliphatic heterocycles. The number of amidine groups is 1. The first-order valence-electron chi connectivity index (χ1n) is 6.33. The number of hydrogen-bond donors (Lipinski definition) is 3. The minimum atomic E-state index is 0. The van der Waals surface area contributed by atoms with Gasteiger partial charge in [0.25, 0.3) is 0 Å². The van der Waals surface area contributed by atoms with Crippen LogP contribution in [0.15, 0.2) is 60.7 Å². The number of halogens is 1. The van der Waals surface area contributed by atoms with Crippen molar-refractivity contribution in [2.75, 3.05) is 12.3 Å². The fourth-order valence-electron chi connectivity index (χ4n) is 2.08. The van der Waals surface area contributed by atoms with E-state index in [4.69, 9.17) is 5.41 Å². The lowest BCUT2D eigenvalue weighted by molar-refractivity contribution is 0.753. The van der Waals surface area contributed by atoms with Crippen molar-refractivity contribution in [3.8, 4) is 0 Å². The van der Waals surface area contributed by atoms with Crippen molar-refractivity contribution < 1.29 is 0 Å². The van der Waals surface area contributed by atoms with Gasteiger partial charge in [0.1, 0.15) is 5.84 Å². The average Bonchev–Trinajstić information content (AvgIpc) is 2.49. The van der Waals surface area contributed by atoms with Crippen LogP contribution in [0.5, 0.6) is 0 Å². The molecular weight excluding hydrogens is 288 g/mol. The summed E-state index contributed by atoms with van der Waals surface area (Å²) < 4.78 is 0. The maximum Gasteiger partial charge on any atom is 0.103 e. The molecule has 2 aromatic carbocycles. The highest BCUT2D eigenvalue weighted by Crippen LogP contribution is 2.23. The Kier molecular flexibility index (Phi) is 7.20. The van der Waals surface area contributed by atoms with Gasteiger partial charge in [0, 0.05) is 18.2 Å². The maximum absolute atomic E-state index is 7.67. The third-order valence-corrected chi connectivity index (χ3v) is 3.40. The Balaban J connectivity index is 0.00000200. The standard InChI is InChI=1S/C16H18N2S.ClH/c17-16(12-19)18-11-15(13-7-3-1-4-8-13)14-9-5-2-6-10-14;/h1-10,15,19H,11-12H2,(H2,17,18);1H. The van der Waals surface area contributed by atoms with Gasteiger partial charge in [-0.25, -0.2) is 0 Å². The Morgan fingerprint density at radius 2 is 1.40 bits per heavy atom. The summed E-state index contributed by atoms with van der Waals surface area (Å²) in [6.45, 7) is 0.716. The quantitative estimate of drug-likeness (QED) is 0.439. The molecule has 0 radical (unpaired) electrons. The predicted octanol–water partition coefficient (Wildman–Crippen LogP) is 3.74. The van der Waals surface area contributed by atoms with Gasteiger partial charge < -0.3 is 5.32 Å². The molecule has 0 unspecified atom stereocenters. The zero-order valence-electron chi connectivity index (χ0n) is 11.1. The van der Waals surface area contributed by atoms with Crippen LogP contribution in [0.1, 0.15) is 17.0 Å². The number of hydrogen-bond acceptors (Lipinski definition) is 2. The fraction of sp³-hybridized carbons (Fsp3) is 0.188. The highest BCUT2D eigenvalue weighted by molar-refractivity contribution is 7.81. The minimum absolute atomic E-state index is 0. The van der Waals surface area contributed by atoms with Gasteiger partial charge in [-0.15, -0.1) is 12.4 Å². The fourth-order valence-corrected chi connectivity index (χ4v) is 2.19. The van der Waals surface area contributed by atoms with Crippen molar-refractivity contribution >= 4 is 30.9 Å². The molecule has 2 aromatic rings. The van der Waals surface area contributed by atoms with Crippen LogP contribution in [0.25, 0.3) is 0 Å². The Morgan fingerprint density at radius 1 is 0.950 bits per heavy atom. The molecule has 0 aliphatic carbocycles. The molecule has 0 saturated carbocycles. The first kappa shape index (κ1) is 16.6. The van der Waals surface area contributed by atoms with E-state index in [9.17, 15) is 0 Å². The van der Waals surface area contributed by atoms with E-state index in [0.29, 0.717) is 18.1 Å². The smallest absolute Gasteiger partial charge is 0.103 e. The summed E-state index contributed by atoms with van der Waals surface area (Å²) in [5.74, 6) is 1.15. The molecule has 20 heavy (non-hydrogen) atoms. The number of nitrogens with one attached hydrogen (secondary N) is 2. The highest BCUT2D eigenvalue weighted by atomic mass is 35.5. The predicted molar refractivity (Wildman–Crippen MR) is 91.6 cm³/mol. The second-order valence-electron chi connectivity index (χ2n) is 4.39. The van der Waals surface area contributed by atoms with E-state index in [-0.39, 0.29) is 18.3 Å². The lowest BCUT2D eigenvalue weighted by atomic mass is 9.91. The minimum Gasteiger partial charge on any atom is -0.372 e. The molecule has 0 atom stereocenters. The molecule has 4 heteroatoms. The van der Waals surface area contributed by atoms with Crippen LogP contribution in [-0.4, -0.2) is 18.1 Å². The Bertz CT molecular complexity index is 477. The number of rotatable bonds is 5. The second-order valence-corrected chi connectivity index (χ2v) is 4.71. The molecule has 2 N–H and O–H groups in total. The van der Waals surface area contributed by atoms with Crippen LogP contribution in [0, 0.1) is 5.41 Å². The topological polar surface area (TPSA) is 35.9 Å². The summed E-state index contributed by atoms with van der Waals surface area (Å²) >= 11 is 4.11. The van der Waals surface area contributed by atoms with Crippen LogP contribution in [0.3, 0.4) is 0 Å². The molecule has 106 valence electrons. The molecular formula is C16H19ClN2S. The third-order valence-electron chi connectivity index (χ3n) is 3.08. The summed E-state index contributed by atoms with van der Waals surface area (Å²) in [5.41, 5.74) is 2.52. The molecule has 0 amide bonds. The SMILES string of the molecule is Cl.N=C(CS)NCC(c1ccccc1)c1ccccc1. The molecule has 0 saturated heterocycles. The van der Waals surface area contributed by atoms with Gasteiger partial charge >= 0.3 is 0 Å². The van der Waals surface area contributed by atoms with Gasteiger partial charge in [-0.2, -0.15) is 12.6 Å². The largest absolute Gasteiger partial charge is 0.372 e. The van der Waals surface area contributed by atoms with Crippen molar-refractivity contribution in [2.24, 2.45) is 0 Å². The van der Waals surface area contributed by atoms with Crippen LogP contribution in [-0.2, 0) is 0 Å². The normalized spacial score (nSPS) is 9.90. The number of thiol groups is 1. The van der Waals surface area contributed by atoms with Gasteiger partial charge in [-0.1, -0.05) is 60.7 Å². The van der Waals surface area contributed by atoms with Crippen molar-refractivity contribution in [3.63, 3.8) is 0 Å². The van der Waals surface area contributed by atoms with Gasteiger partial charge in [0.15, 0.2) is 0 Å². The van der Waals surface area contributed by atoms with E-state index in [2.05, 4.69) is 66.5 Å². The Labute approximate surface area is 131 Å². The van der Waals surface area contributed by atoms with Crippen LogP contribution < -0.4 is 5.32 Å². The molecule has 0 spiro atoms. The molecule has 2 rings (SSSR count). The molecule has 0 aromatic heterocycles. The molecule has 0 heterocycles. The monoisotopic (exact) mass is 306 g/mol. The van der Waals surface area contributed by atoms with E-state index in [1.54, 1.807) is 0 Å². The van der Waals surface area contributed by atoms with E-state index in [1.807, 2.05) is 12.1 Å².